The standard InChI is InChI=1S/C14H17N3O2/c1-10-4-3-5-17-12(18)6-11(15-13(10)17)7-16-8-14(2,19)9-16/h3-6,19H,7-9H2,1-2H3. The molecule has 100 valence electrons. The molecule has 0 radical (unpaired) electrons. The smallest absolute Gasteiger partial charge is 0.258 e. The quantitative estimate of drug-likeness (QED) is 0.856. The normalized spacial score (nSPS) is 18.5. The molecule has 0 aliphatic carbocycles. The highest BCUT2D eigenvalue weighted by Crippen LogP contribution is 2.21. The van der Waals surface area contributed by atoms with Crippen molar-refractivity contribution in [2.45, 2.75) is 26.0 Å². The molecule has 1 saturated heterocycles. The lowest BCUT2D eigenvalue weighted by molar-refractivity contribution is -0.0875. The zero-order chi connectivity index (χ0) is 13.6. The molecule has 1 aliphatic rings. The molecular weight excluding hydrogens is 242 g/mol. The first-order valence-electron chi connectivity index (χ1n) is 6.37. The van der Waals surface area contributed by atoms with Crippen LogP contribution in [0.3, 0.4) is 0 Å². The summed E-state index contributed by atoms with van der Waals surface area (Å²) in [6.07, 6.45) is 1.73. The van der Waals surface area contributed by atoms with E-state index >= 15 is 0 Å². The second kappa shape index (κ2) is 4.15. The molecule has 3 heterocycles. The molecule has 0 aromatic carbocycles. The van der Waals surface area contributed by atoms with Gasteiger partial charge in [-0.05, 0) is 25.5 Å². The van der Waals surface area contributed by atoms with Crippen molar-refractivity contribution in [2.24, 2.45) is 0 Å². The van der Waals surface area contributed by atoms with Crippen LogP contribution in [0.25, 0.3) is 5.65 Å². The van der Waals surface area contributed by atoms with Crippen LogP contribution >= 0.6 is 0 Å². The minimum atomic E-state index is -0.595. The van der Waals surface area contributed by atoms with Gasteiger partial charge in [0.2, 0.25) is 0 Å². The van der Waals surface area contributed by atoms with Crippen molar-refractivity contribution in [1.82, 2.24) is 14.3 Å². The summed E-state index contributed by atoms with van der Waals surface area (Å²) in [5, 5.41) is 9.70. The number of β-amino-alcohol motifs (C(OH)–C–C–N with tert-alkyl or cyclic N) is 1. The molecule has 2 aromatic rings. The van der Waals surface area contributed by atoms with Gasteiger partial charge in [-0.3, -0.25) is 14.1 Å². The molecule has 0 amide bonds. The largest absolute Gasteiger partial charge is 0.388 e. The van der Waals surface area contributed by atoms with Gasteiger partial charge in [0, 0.05) is 31.9 Å². The van der Waals surface area contributed by atoms with Crippen molar-refractivity contribution in [3.05, 3.63) is 46.0 Å². The Morgan fingerprint density at radius 3 is 2.89 bits per heavy atom. The monoisotopic (exact) mass is 259 g/mol. The number of aryl methyl sites for hydroxylation is 1. The van der Waals surface area contributed by atoms with Crippen LogP contribution in [-0.4, -0.2) is 38.1 Å². The van der Waals surface area contributed by atoms with Crippen molar-refractivity contribution in [3.63, 3.8) is 0 Å². The van der Waals surface area contributed by atoms with Gasteiger partial charge in [0.25, 0.3) is 5.56 Å². The lowest BCUT2D eigenvalue weighted by Crippen LogP contribution is -2.59. The summed E-state index contributed by atoms with van der Waals surface area (Å²) in [5.41, 5.74) is 1.79. The lowest BCUT2D eigenvalue weighted by Gasteiger charge is -2.44. The van der Waals surface area contributed by atoms with Crippen molar-refractivity contribution >= 4 is 5.65 Å². The molecule has 1 aliphatic heterocycles. The summed E-state index contributed by atoms with van der Waals surface area (Å²) >= 11 is 0. The van der Waals surface area contributed by atoms with E-state index in [0.29, 0.717) is 25.3 Å². The highest BCUT2D eigenvalue weighted by Gasteiger charge is 2.36. The Morgan fingerprint density at radius 2 is 2.21 bits per heavy atom. The van der Waals surface area contributed by atoms with E-state index in [1.807, 2.05) is 26.0 Å². The van der Waals surface area contributed by atoms with Crippen LogP contribution in [0.4, 0.5) is 0 Å². The Kier molecular flexibility index (Phi) is 2.69. The van der Waals surface area contributed by atoms with E-state index in [9.17, 15) is 9.90 Å². The van der Waals surface area contributed by atoms with E-state index in [2.05, 4.69) is 9.88 Å². The zero-order valence-electron chi connectivity index (χ0n) is 11.1. The van der Waals surface area contributed by atoms with Gasteiger partial charge in [-0.15, -0.1) is 0 Å². The van der Waals surface area contributed by atoms with Crippen LogP contribution in [0.15, 0.2) is 29.2 Å². The van der Waals surface area contributed by atoms with Crippen LogP contribution in [0.5, 0.6) is 0 Å². The second-order valence-electron chi connectivity index (χ2n) is 5.61. The van der Waals surface area contributed by atoms with Crippen molar-refractivity contribution in [1.29, 1.82) is 0 Å². The SMILES string of the molecule is Cc1cccn2c(=O)cc(CN3CC(C)(O)C3)nc12. The maximum absolute atomic E-state index is 12.0. The van der Waals surface area contributed by atoms with E-state index in [1.165, 1.54) is 0 Å². The highest BCUT2D eigenvalue weighted by atomic mass is 16.3. The van der Waals surface area contributed by atoms with Crippen LogP contribution < -0.4 is 5.56 Å². The molecule has 19 heavy (non-hydrogen) atoms. The van der Waals surface area contributed by atoms with Crippen molar-refractivity contribution in [3.8, 4) is 0 Å². The van der Waals surface area contributed by atoms with E-state index in [1.54, 1.807) is 16.7 Å². The van der Waals surface area contributed by atoms with Gasteiger partial charge in [0.05, 0.1) is 11.3 Å². The highest BCUT2D eigenvalue weighted by molar-refractivity contribution is 5.46. The molecule has 3 rings (SSSR count). The van der Waals surface area contributed by atoms with Crippen LogP contribution in [-0.2, 0) is 6.54 Å². The van der Waals surface area contributed by atoms with E-state index in [0.717, 1.165) is 11.3 Å². The number of aromatic nitrogens is 2. The summed E-state index contributed by atoms with van der Waals surface area (Å²) in [5.74, 6) is 0. The van der Waals surface area contributed by atoms with Crippen molar-refractivity contribution < 1.29 is 5.11 Å². The van der Waals surface area contributed by atoms with Gasteiger partial charge < -0.3 is 5.11 Å². The summed E-state index contributed by atoms with van der Waals surface area (Å²) in [7, 11) is 0. The first-order chi connectivity index (χ1) is 8.94. The number of nitrogens with zero attached hydrogens (tertiary/aromatic N) is 3. The molecule has 0 atom stereocenters. The van der Waals surface area contributed by atoms with Crippen LogP contribution in [0.2, 0.25) is 0 Å². The Labute approximate surface area is 111 Å². The molecule has 0 saturated carbocycles. The average molecular weight is 259 g/mol. The van der Waals surface area contributed by atoms with Gasteiger partial charge >= 0.3 is 0 Å². The molecule has 1 N–H and O–H groups in total. The van der Waals surface area contributed by atoms with Crippen molar-refractivity contribution in [2.75, 3.05) is 13.1 Å². The summed E-state index contributed by atoms with van der Waals surface area (Å²) in [4.78, 5) is 18.6. The molecule has 5 nitrogen and oxygen atoms in total. The fourth-order valence-corrected chi connectivity index (χ4v) is 2.65. The maximum Gasteiger partial charge on any atom is 0.258 e. The van der Waals surface area contributed by atoms with E-state index in [-0.39, 0.29) is 5.56 Å². The summed E-state index contributed by atoms with van der Waals surface area (Å²) in [6, 6.07) is 5.36. The fourth-order valence-electron chi connectivity index (χ4n) is 2.65. The number of aliphatic hydroxyl groups is 1. The minimum Gasteiger partial charge on any atom is -0.388 e. The molecule has 0 bridgehead atoms. The molecule has 0 unspecified atom stereocenters. The number of hydrogen-bond acceptors (Lipinski definition) is 4. The van der Waals surface area contributed by atoms with Crippen LogP contribution in [0.1, 0.15) is 18.2 Å². The topological polar surface area (TPSA) is 57.8 Å². The number of rotatable bonds is 2. The Balaban J connectivity index is 1.93. The molecule has 1 fully saturated rings. The molecule has 0 spiro atoms. The summed E-state index contributed by atoms with van der Waals surface area (Å²) < 4.78 is 1.56. The first-order valence-corrected chi connectivity index (χ1v) is 6.37. The first kappa shape index (κ1) is 12.3. The van der Waals surface area contributed by atoms with Gasteiger partial charge in [-0.25, -0.2) is 4.98 Å². The van der Waals surface area contributed by atoms with Gasteiger partial charge in [0.1, 0.15) is 5.65 Å². The number of likely N-dealkylation sites (tertiary alicyclic amines) is 1. The van der Waals surface area contributed by atoms with Crippen LogP contribution in [0, 0.1) is 6.92 Å². The van der Waals surface area contributed by atoms with E-state index in [4.69, 9.17) is 0 Å². The third kappa shape index (κ3) is 2.27. The maximum atomic E-state index is 12.0. The van der Waals surface area contributed by atoms with Gasteiger partial charge in [-0.2, -0.15) is 0 Å². The Bertz CT molecular complexity index is 683. The van der Waals surface area contributed by atoms with Gasteiger partial charge in [0.15, 0.2) is 0 Å². The predicted molar refractivity (Wildman–Crippen MR) is 72.1 cm³/mol. The Morgan fingerprint density at radius 1 is 1.47 bits per heavy atom. The number of hydrogen-bond donors (Lipinski definition) is 1. The minimum absolute atomic E-state index is 0.0593. The average Bonchev–Trinajstić information content (AvgIpc) is 2.28. The Hall–Kier alpha value is -1.72. The molecule has 2 aromatic heterocycles. The summed E-state index contributed by atoms with van der Waals surface area (Å²) in [6.45, 7) is 5.62. The molecular formula is C14H17N3O2. The predicted octanol–water partition coefficient (Wildman–Crippen LogP) is 0.570. The number of fused-ring (bicyclic) bond motifs is 1. The van der Waals surface area contributed by atoms with Gasteiger partial charge in [-0.1, -0.05) is 6.07 Å². The fraction of sp³-hybridized carbons (Fsp3) is 0.429. The zero-order valence-corrected chi connectivity index (χ0v) is 11.1. The second-order valence-corrected chi connectivity index (χ2v) is 5.61. The number of pyridine rings is 1. The third-order valence-electron chi connectivity index (χ3n) is 3.45. The third-order valence-corrected chi connectivity index (χ3v) is 3.45. The molecule has 5 heteroatoms. The lowest BCUT2D eigenvalue weighted by atomic mass is 9.97. The van der Waals surface area contributed by atoms with E-state index < -0.39 is 5.60 Å².